The van der Waals surface area contributed by atoms with Crippen molar-refractivity contribution in [1.82, 2.24) is 0 Å². The number of allylic oxidation sites excluding steroid dienone is 24. The van der Waals surface area contributed by atoms with Crippen LogP contribution in [0.5, 0.6) is 0 Å². The van der Waals surface area contributed by atoms with E-state index in [1.807, 2.05) is 0 Å². The smallest absolute Gasteiger partial charge is 0.306 e. The van der Waals surface area contributed by atoms with Gasteiger partial charge in [-0.3, -0.25) is 14.4 Å². The Morgan fingerprint density at radius 1 is 0.263 bits per heavy atom. The van der Waals surface area contributed by atoms with Crippen LogP contribution in [0.3, 0.4) is 0 Å². The lowest BCUT2D eigenvalue weighted by Crippen LogP contribution is -2.30. The summed E-state index contributed by atoms with van der Waals surface area (Å²) in [5.41, 5.74) is 0. The molecule has 6 nitrogen and oxygen atoms in total. The summed E-state index contributed by atoms with van der Waals surface area (Å²) in [7, 11) is 0. The topological polar surface area (TPSA) is 78.9 Å². The van der Waals surface area contributed by atoms with Gasteiger partial charge in [0.1, 0.15) is 13.2 Å². The highest BCUT2D eigenvalue weighted by Gasteiger charge is 2.19. The number of carbonyl (C=O) groups is 3. The predicted octanol–water partition coefficient (Wildman–Crippen LogP) is 22.7. The Kier molecular flexibility index (Phi) is 62.9. The van der Waals surface area contributed by atoms with Crippen LogP contribution in [0.2, 0.25) is 0 Å². The molecule has 0 bridgehead atoms. The van der Waals surface area contributed by atoms with E-state index < -0.39 is 6.10 Å². The zero-order valence-corrected chi connectivity index (χ0v) is 51.8. The van der Waals surface area contributed by atoms with Crippen molar-refractivity contribution in [2.45, 2.75) is 290 Å². The summed E-state index contributed by atoms with van der Waals surface area (Å²) in [6, 6.07) is 0. The van der Waals surface area contributed by atoms with Crippen LogP contribution in [0.15, 0.2) is 146 Å². The molecule has 1 atom stereocenters. The SMILES string of the molecule is CC/C=C\C/C=C\C/C=C\C/C=C\C/C=C\C/C=C\C/C=C\CCCCCCCCCCCC(=O)OCC(COC(=O)CCCCCCCCCCCCCCCC)OC(=O)CCC/C=C\C/C=C\C/C=C\C/C=C\C/C=C\CC. The molecule has 0 radical (unpaired) electrons. The van der Waals surface area contributed by atoms with Gasteiger partial charge in [0, 0.05) is 19.3 Å². The van der Waals surface area contributed by atoms with Crippen LogP contribution < -0.4 is 0 Å². The van der Waals surface area contributed by atoms with E-state index in [0.29, 0.717) is 19.3 Å². The molecule has 0 aromatic carbocycles. The Morgan fingerprint density at radius 2 is 0.500 bits per heavy atom. The Hall–Kier alpha value is -4.71. The standard InChI is InChI=1S/C74H120O6/c1-4-7-10-13-16-19-22-25-28-30-31-32-33-34-35-36-37-38-39-40-41-42-43-45-46-49-52-55-58-61-64-67-73(76)79-70-71(69-78-72(75)66-63-60-57-54-51-48-27-24-21-18-15-12-9-6-3)80-74(77)68-65-62-59-56-53-50-47-44-29-26-23-20-17-14-11-8-5-2/h7-8,10-11,16-17,19-20,25-26,28-29,31-32,34-35,37-38,40-41,47,50,56,59,71H,4-6,9,12-15,18,21-24,27,30,33,36,39,42-46,48-49,51-55,57-58,60-70H2,1-3H3/b10-7-,11-8-,19-16-,20-17-,28-25-,29-26-,32-31-,35-34-,38-37-,41-40-,50-47-,59-56-. The molecule has 0 saturated carbocycles. The molecule has 0 N–H and O–H groups in total. The summed E-state index contributed by atoms with van der Waals surface area (Å²) in [4.78, 5) is 38.3. The van der Waals surface area contributed by atoms with Crippen molar-refractivity contribution in [1.29, 1.82) is 0 Å². The van der Waals surface area contributed by atoms with Gasteiger partial charge in [-0.05, 0) is 116 Å². The predicted molar refractivity (Wildman–Crippen MR) is 348 cm³/mol. The molecular weight excluding hydrogens is 985 g/mol. The number of hydrogen-bond acceptors (Lipinski definition) is 6. The van der Waals surface area contributed by atoms with E-state index >= 15 is 0 Å². The fourth-order valence-electron chi connectivity index (χ4n) is 8.75. The van der Waals surface area contributed by atoms with Gasteiger partial charge < -0.3 is 14.2 Å². The molecule has 80 heavy (non-hydrogen) atoms. The van der Waals surface area contributed by atoms with Crippen LogP contribution in [-0.4, -0.2) is 37.2 Å². The lowest BCUT2D eigenvalue weighted by Gasteiger charge is -2.18. The van der Waals surface area contributed by atoms with Crippen molar-refractivity contribution < 1.29 is 28.6 Å². The van der Waals surface area contributed by atoms with Crippen molar-refractivity contribution in [2.24, 2.45) is 0 Å². The third-order valence-electron chi connectivity index (χ3n) is 13.6. The molecule has 0 aromatic heterocycles. The first-order valence-electron chi connectivity index (χ1n) is 32.8. The molecule has 0 heterocycles. The largest absolute Gasteiger partial charge is 0.462 e. The van der Waals surface area contributed by atoms with Crippen molar-refractivity contribution in [3.8, 4) is 0 Å². The van der Waals surface area contributed by atoms with Crippen LogP contribution in [0, 0.1) is 0 Å². The van der Waals surface area contributed by atoms with Crippen LogP contribution in [-0.2, 0) is 28.6 Å². The summed E-state index contributed by atoms with van der Waals surface area (Å²) in [5, 5.41) is 0. The zero-order chi connectivity index (χ0) is 57.8. The van der Waals surface area contributed by atoms with Gasteiger partial charge >= 0.3 is 17.9 Å². The number of carbonyl (C=O) groups excluding carboxylic acids is 3. The maximum Gasteiger partial charge on any atom is 0.306 e. The van der Waals surface area contributed by atoms with Gasteiger partial charge in [0.15, 0.2) is 6.10 Å². The molecule has 6 heteroatoms. The van der Waals surface area contributed by atoms with Gasteiger partial charge in [-0.25, -0.2) is 0 Å². The number of unbranched alkanes of at least 4 members (excludes halogenated alkanes) is 23. The first-order valence-corrected chi connectivity index (χ1v) is 32.8. The Balaban J connectivity index is 4.36. The molecule has 0 aliphatic carbocycles. The van der Waals surface area contributed by atoms with E-state index in [1.165, 1.54) is 109 Å². The average molecular weight is 1110 g/mol. The summed E-state index contributed by atoms with van der Waals surface area (Å²) in [6.45, 7) is 6.37. The number of hydrogen-bond donors (Lipinski definition) is 0. The molecule has 0 aliphatic heterocycles. The minimum absolute atomic E-state index is 0.104. The second kappa shape index (κ2) is 66.8. The summed E-state index contributed by atoms with van der Waals surface area (Å²) >= 11 is 0. The molecule has 0 rings (SSSR count). The monoisotopic (exact) mass is 1100 g/mol. The second-order valence-corrected chi connectivity index (χ2v) is 21.3. The van der Waals surface area contributed by atoms with E-state index in [9.17, 15) is 14.4 Å². The molecule has 0 aromatic rings. The third kappa shape index (κ3) is 64.1. The molecule has 0 fully saturated rings. The van der Waals surface area contributed by atoms with Crippen molar-refractivity contribution in [3.63, 3.8) is 0 Å². The molecule has 0 amide bonds. The quantitative estimate of drug-likeness (QED) is 0.0261. The van der Waals surface area contributed by atoms with E-state index in [4.69, 9.17) is 14.2 Å². The second-order valence-electron chi connectivity index (χ2n) is 21.3. The van der Waals surface area contributed by atoms with Crippen LogP contribution in [0.4, 0.5) is 0 Å². The zero-order valence-electron chi connectivity index (χ0n) is 51.8. The summed E-state index contributed by atoms with van der Waals surface area (Å²) in [5.74, 6) is -0.967. The highest BCUT2D eigenvalue weighted by Crippen LogP contribution is 2.16. The van der Waals surface area contributed by atoms with Gasteiger partial charge in [0.25, 0.3) is 0 Å². The number of esters is 3. The maximum atomic E-state index is 12.9. The first kappa shape index (κ1) is 75.3. The average Bonchev–Trinajstić information content (AvgIpc) is 3.46. The van der Waals surface area contributed by atoms with Crippen LogP contribution in [0.25, 0.3) is 0 Å². The summed E-state index contributed by atoms with van der Waals surface area (Å²) < 4.78 is 16.9. The van der Waals surface area contributed by atoms with Crippen molar-refractivity contribution >= 4 is 17.9 Å². The molecular formula is C74H120O6. The first-order chi connectivity index (χ1) is 39.5. The van der Waals surface area contributed by atoms with Gasteiger partial charge in [-0.2, -0.15) is 0 Å². The van der Waals surface area contributed by atoms with Crippen LogP contribution in [0.1, 0.15) is 284 Å². The maximum absolute atomic E-state index is 12.9. The molecule has 0 saturated heterocycles. The van der Waals surface area contributed by atoms with Gasteiger partial charge in [-0.1, -0.05) is 295 Å². The van der Waals surface area contributed by atoms with E-state index in [1.54, 1.807) is 0 Å². The van der Waals surface area contributed by atoms with E-state index in [2.05, 4.69) is 167 Å². The van der Waals surface area contributed by atoms with E-state index in [-0.39, 0.29) is 37.5 Å². The van der Waals surface area contributed by atoms with E-state index in [0.717, 1.165) is 128 Å². The summed E-state index contributed by atoms with van der Waals surface area (Å²) in [6.07, 6.45) is 95.8. The number of rotatable bonds is 58. The molecule has 0 aliphatic rings. The molecule has 452 valence electrons. The van der Waals surface area contributed by atoms with Gasteiger partial charge in [-0.15, -0.1) is 0 Å². The lowest BCUT2D eigenvalue weighted by atomic mass is 10.0. The molecule has 0 spiro atoms. The Bertz CT molecular complexity index is 1750. The fourth-order valence-corrected chi connectivity index (χ4v) is 8.75. The van der Waals surface area contributed by atoms with Gasteiger partial charge in [0.05, 0.1) is 0 Å². The minimum Gasteiger partial charge on any atom is -0.462 e. The Morgan fingerprint density at radius 3 is 0.800 bits per heavy atom. The van der Waals surface area contributed by atoms with Crippen molar-refractivity contribution in [3.05, 3.63) is 146 Å². The normalized spacial score (nSPS) is 13.1. The van der Waals surface area contributed by atoms with Crippen molar-refractivity contribution in [2.75, 3.05) is 13.2 Å². The highest BCUT2D eigenvalue weighted by atomic mass is 16.6. The number of ether oxygens (including phenoxy) is 3. The lowest BCUT2D eigenvalue weighted by molar-refractivity contribution is -0.167. The third-order valence-corrected chi connectivity index (χ3v) is 13.6. The Labute approximate surface area is 493 Å². The fraction of sp³-hybridized carbons (Fsp3) is 0.635. The van der Waals surface area contributed by atoms with Crippen LogP contribution >= 0.6 is 0 Å². The highest BCUT2D eigenvalue weighted by molar-refractivity contribution is 5.71. The molecule has 1 unspecified atom stereocenters. The van der Waals surface area contributed by atoms with Gasteiger partial charge in [0.2, 0.25) is 0 Å². The minimum atomic E-state index is -0.815.